The molecule has 0 aliphatic heterocycles. The van der Waals surface area contributed by atoms with E-state index in [2.05, 4.69) is 9.98 Å². The van der Waals surface area contributed by atoms with Crippen LogP contribution in [0.5, 0.6) is 0 Å². The Labute approximate surface area is 107 Å². The van der Waals surface area contributed by atoms with E-state index in [0.29, 0.717) is 12.2 Å². The fraction of sp³-hybridized carbons (Fsp3) is 0.400. The highest BCUT2D eigenvalue weighted by Crippen LogP contribution is 2.51. The van der Waals surface area contributed by atoms with E-state index in [1.807, 2.05) is 0 Å². The second-order valence-electron chi connectivity index (χ2n) is 3.67. The molecule has 0 fully saturated rings. The van der Waals surface area contributed by atoms with Gasteiger partial charge in [-0.1, -0.05) is 0 Å². The lowest BCUT2D eigenvalue weighted by Crippen LogP contribution is -2.55. The topological polar surface area (TPSA) is 58.9 Å². The van der Waals surface area contributed by atoms with E-state index in [1.165, 1.54) is 0 Å². The number of hydrogen-bond donors (Lipinski definition) is 0. The number of halogens is 6. The number of aliphatic imine (C=N–C) groups is 2. The molecule has 10 heteroatoms. The molecule has 108 valence electrons. The maximum Gasteiger partial charge on any atom is 0.235 e. The first-order valence-corrected chi connectivity index (χ1v) is 4.83. The Hall–Kier alpha value is -2.18. The average Bonchev–Trinajstić information content (AvgIpc) is 2.45. The van der Waals surface area contributed by atoms with Crippen LogP contribution in [-0.4, -0.2) is 36.6 Å². The Bertz CT molecular complexity index is 539. The second kappa shape index (κ2) is 5.44. The van der Waals surface area contributed by atoms with Crippen molar-refractivity contribution in [3.63, 3.8) is 0 Å². The molecule has 0 radical (unpaired) electrons. The molecular weight excluding hydrogens is 294 g/mol. The molecule has 0 aromatic heterocycles. The summed E-state index contributed by atoms with van der Waals surface area (Å²) < 4.78 is 81.3. The van der Waals surface area contributed by atoms with E-state index in [0.717, 1.165) is 0 Å². The van der Waals surface area contributed by atoms with Gasteiger partial charge in [0.1, 0.15) is 0 Å². The number of carbonyl (C=O) groups excluding carboxylic acids is 2. The van der Waals surface area contributed by atoms with Crippen molar-refractivity contribution in [3.05, 3.63) is 23.3 Å². The van der Waals surface area contributed by atoms with Crippen LogP contribution in [0.1, 0.15) is 0 Å². The number of rotatable bonds is 4. The van der Waals surface area contributed by atoms with Gasteiger partial charge >= 0.3 is 0 Å². The van der Waals surface area contributed by atoms with Gasteiger partial charge in [-0.05, 0) is 0 Å². The molecular formula is C10H4F6N2O2. The van der Waals surface area contributed by atoms with Crippen LogP contribution in [0.15, 0.2) is 33.3 Å². The second-order valence-corrected chi connectivity index (χ2v) is 3.67. The van der Waals surface area contributed by atoms with Crippen LogP contribution in [0.25, 0.3) is 0 Å². The van der Waals surface area contributed by atoms with E-state index in [9.17, 15) is 35.9 Å². The average molecular weight is 298 g/mol. The number of allylic oxidation sites excluding steroid dienone is 2. The van der Waals surface area contributed by atoms with Crippen LogP contribution in [0.2, 0.25) is 0 Å². The Balaban J connectivity index is 3.57. The normalized spacial score (nSPS) is 29.9. The van der Waals surface area contributed by atoms with Gasteiger partial charge in [0.25, 0.3) is 0 Å². The Kier molecular flexibility index (Phi) is 4.32. The molecule has 0 saturated heterocycles. The van der Waals surface area contributed by atoms with Gasteiger partial charge < -0.3 is 0 Å². The zero-order chi connectivity index (χ0) is 15.6. The third-order valence-corrected chi connectivity index (χ3v) is 2.63. The summed E-state index contributed by atoms with van der Waals surface area (Å²) in [6.45, 7) is -3.44. The minimum atomic E-state index is -4.19. The molecule has 1 aliphatic rings. The maximum absolute atomic E-state index is 14.2. The Morgan fingerprint density at radius 1 is 0.800 bits per heavy atom. The SMILES string of the molecule is O=C=NCC1(F)C(F)=C(F)C(F)=C(F)C1(F)CN=C=O. The van der Waals surface area contributed by atoms with Crippen molar-refractivity contribution in [2.45, 2.75) is 11.3 Å². The first kappa shape index (κ1) is 15.9. The molecule has 0 aromatic rings. The molecule has 20 heavy (non-hydrogen) atoms. The minimum Gasteiger partial charge on any atom is -0.230 e. The first-order chi connectivity index (χ1) is 9.26. The van der Waals surface area contributed by atoms with Gasteiger partial charge in [-0.3, -0.25) is 0 Å². The molecule has 0 bridgehead atoms. The van der Waals surface area contributed by atoms with Crippen molar-refractivity contribution in [3.8, 4) is 0 Å². The highest BCUT2D eigenvalue weighted by atomic mass is 19.2. The highest BCUT2D eigenvalue weighted by Gasteiger charge is 2.65. The van der Waals surface area contributed by atoms with Crippen LogP contribution in [-0.2, 0) is 9.59 Å². The fourth-order valence-electron chi connectivity index (χ4n) is 1.56. The smallest absolute Gasteiger partial charge is 0.230 e. The molecule has 0 heterocycles. The molecule has 1 aliphatic carbocycles. The Morgan fingerprint density at radius 2 is 1.10 bits per heavy atom. The molecule has 2 atom stereocenters. The van der Waals surface area contributed by atoms with Crippen molar-refractivity contribution >= 4 is 12.2 Å². The van der Waals surface area contributed by atoms with Crippen LogP contribution in [0, 0.1) is 0 Å². The summed E-state index contributed by atoms with van der Waals surface area (Å²) in [4.78, 5) is 24.7. The van der Waals surface area contributed by atoms with E-state index in [1.54, 1.807) is 0 Å². The van der Waals surface area contributed by atoms with Gasteiger partial charge in [-0.2, -0.15) is 0 Å². The third kappa shape index (κ3) is 2.09. The summed E-state index contributed by atoms with van der Waals surface area (Å²) in [6, 6.07) is 0. The van der Waals surface area contributed by atoms with Crippen molar-refractivity contribution in [2.24, 2.45) is 9.98 Å². The van der Waals surface area contributed by atoms with E-state index in [-0.39, 0.29) is 0 Å². The monoisotopic (exact) mass is 298 g/mol. The molecule has 0 aromatic carbocycles. The summed E-state index contributed by atoms with van der Waals surface area (Å²) >= 11 is 0. The highest BCUT2D eigenvalue weighted by molar-refractivity contribution is 5.46. The van der Waals surface area contributed by atoms with Crippen molar-refractivity contribution in [1.29, 1.82) is 0 Å². The summed E-state index contributed by atoms with van der Waals surface area (Å²) in [7, 11) is 0. The fourth-order valence-corrected chi connectivity index (χ4v) is 1.56. The summed E-state index contributed by atoms with van der Waals surface area (Å²) in [5.41, 5.74) is -8.37. The third-order valence-electron chi connectivity index (χ3n) is 2.63. The van der Waals surface area contributed by atoms with Gasteiger partial charge in [0.2, 0.25) is 23.5 Å². The molecule has 0 saturated carbocycles. The number of isocyanates is 2. The maximum atomic E-state index is 14.2. The lowest BCUT2D eigenvalue weighted by Gasteiger charge is -2.37. The standard InChI is InChI=1S/C10H4F6N2O2/c11-5-6(12)8(14)10(16,2-18-4-20)9(15,7(5)13)1-17-3-19/h1-2H2. The van der Waals surface area contributed by atoms with Crippen LogP contribution < -0.4 is 0 Å². The molecule has 1 rings (SSSR count). The van der Waals surface area contributed by atoms with Gasteiger partial charge in [-0.15, -0.1) is 0 Å². The quantitative estimate of drug-likeness (QED) is 0.454. The van der Waals surface area contributed by atoms with Gasteiger partial charge in [0.05, 0.1) is 13.1 Å². The molecule has 0 N–H and O–H groups in total. The predicted molar refractivity (Wildman–Crippen MR) is 52.1 cm³/mol. The van der Waals surface area contributed by atoms with E-state index < -0.39 is 47.7 Å². The van der Waals surface area contributed by atoms with Gasteiger partial charge in [0.15, 0.2) is 23.3 Å². The zero-order valence-corrected chi connectivity index (χ0v) is 9.39. The van der Waals surface area contributed by atoms with Crippen LogP contribution in [0.4, 0.5) is 26.3 Å². The molecule has 0 spiro atoms. The first-order valence-electron chi connectivity index (χ1n) is 4.83. The minimum absolute atomic E-state index is 0.712. The largest absolute Gasteiger partial charge is 0.235 e. The number of nitrogens with zero attached hydrogens (tertiary/aromatic N) is 2. The molecule has 4 nitrogen and oxygen atoms in total. The van der Waals surface area contributed by atoms with Crippen molar-refractivity contribution < 1.29 is 35.9 Å². The molecule has 0 amide bonds. The van der Waals surface area contributed by atoms with Gasteiger partial charge in [-0.25, -0.2) is 45.9 Å². The van der Waals surface area contributed by atoms with Crippen molar-refractivity contribution in [1.82, 2.24) is 0 Å². The zero-order valence-electron chi connectivity index (χ0n) is 9.39. The van der Waals surface area contributed by atoms with Gasteiger partial charge in [0, 0.05) is 0 Å². The Morgan fingerprint density at radius 3 is 1.35 bits per heavy atom. The molecule has 2 unspecified atom stereocenters. The van der Waals surface area contributed by atoms with Crippen LogP contribution in [0.3, 0.4) is 0 Å². The summed E-state index contributed by atoms with van der Waals surface area (Å²) in [6.07, 6.45) is 1.42. The number of alkyl halides is 2. The lowest BCUT2D eigenvalue weighted by atomic mass is 9.79. The van der Waals surface area contributed by atoms with E-state index >= 15 is 0 Å². The summed E-state index contributed by atoms with van der Waals surface area (Å²) in [5, 5.41) is 0. The predicted octanol–water partition coefficient (Wildman–Crippen LogP) is 2.39. The lowest BCUT2D eigenvalue weighted by molar-refractivity contribution is -0.0142. The van der Waals surface area contributed by atoms with E-state index in [4.69, 9.17) is 0 Å². The van der Waals surface area contributed by atoms with Crippen LogP contribution >= 0.6 is 0 Å². The summed E-state index contributed by atoms with van der Waals surface area (Å²) in [5.74, 6) is -10.5. The number of hydrogen-bond acceptors (Lipinski definition) is 4. The van der Waals surface area contributed by atoms with Crippen molar-refractivity contribution in [2.75, 3.05) is 13.1 Å².